The molecule has 3 aromatic carbocycles. The van der Waals surface area contributed by atoms with Crippen molar-refractivity contribution in [1.29, 1.82) is 0 Å². The van der Waals surface area contributed by atoms with Gasteiger partial charge >= 0.3 is 5.97 Å². The lowest BCUT2D eigenvalue weighted by atomic mass is 9.83. The van der Waals surface area contributed by atoms with Crippen molar-refractivity contribution >= 4 is 17.2 Å². The highest BCUT2D eigenvalue weighted by Gasteiger charge is 2.39. The lowest BCUT2D eigenvalue weighted by Crippen LogP contribution is -2.31. The zero-order valence-electron chi connectivity index (χ0n) is 23.3. The molecule has 0 fully saturated rings. The van der Waals surface area contributed by atoms with E-state index >= 15 is 0 Å². The smallest absolute Gasteiger partial charge is 0.336 e. The Hall–Kier alpha value is -4.19. The van der Waals surface area contributed by atoms with Crippen LogP contribution in [0.2, 0.25) is 0 Å². The Balaban J connectivity index is 1.41. The highest BCUT2D eigenvalue weighted by Crippen LogP contribution is 2.48. The van der Waals surface area contributed by atoms with E-state index < -0.39 is 22.6 Å². The number of anilines is 1. The average molecular weight is 538 g/mol. The van der Waals surface area contributed by atoms with E-state index in [2.05, 4.69) is 56.0 Å². The van der Waals surface area contributed by atoms with Gasteiger partial charge in [0.1, 0.15) is 5.76 Å². The first kappa shape index (κ1) is 27.4. The molecule has 0 aliphatic carbocycles. The van der Waals surface area contributed by atoms with Crippen LogP contribution in [-0.2, 0) is 14.9 Å². The summed E-state index contributed by atoms with van der Waals surface area (Å²) in [4.78, 5) is 38.0. The van der Waals surface area contributed by atoms with Gasteiger partial charge in [0.15, 0.2) is 5.75 Å². The normalized spacial score (nSPS) is 18.0. The number of rotatable bonds is 10. The minimum Gasteiger partial charge on any atom is -0.503 e. The molecule has 0 saturated carbocycles. The molecule has 0 bridgehead atoms. The fourth-order valence-electron chi connectivity index (χ4n) is 5.78. The van der Waals surface area contributed by atoms with Gasteiger partial charge in [0.2, 0.25) is 5.43 Å². The van der Waals surface area contributed by atoms with Crippen LogP contribution in [0.3, 0.4) is 0 Å². The molecule has 6 heteroatoms. The number of hydrogen-bond acceptors (Lipinski definition) is 6. The van der Waals surface area contributed by atoms with Crippen molar-refractivity contribution < 1.29 is 14.6 Å². The van der Waals surface area contributed by atoms with Crippen LogP contribution in [0.4, 0.5) is 5.69 Å². The van der Waals surface area contributed by atoms with Crippen LogP contribution in [0, 0.1) is 0 Å². The molecule has 2 heterocycles. The number of para-hydroxylation sites is 1. The number of allylic oxidation sites excluding steroid dienone is 4. The molecule has 0 amide bonds. The van der Waals surface area contributed by atoms with Crippen molar-refractivity contribution in [1.82, 2.24) is 0 Å². The summed E-state index contributed by atoms with van der Waals surface area (Å²) in [7, 11) is 0. The van der Waals surface area contributed by atoms with Gasteiger partial charge in [0.25, 0.3) is 5.43 Å². The Bertz CT molecular complexity index is 1600. The van der Waals surface area contributed by atoms with Gasteiger partial charge in [-0.3, -0.25) is 9.59 Å². The molecule has 40 heavy (non-hydrogen) atoms. The minimum absolute atomic E-state index is 0.0262. The number of unbranched alkanes of at least 4 members (excludes halogenated alkanes) is 5. The van der Waals surface area contributed by atoms with E-state index in [0.29, 0.717) is 16.9 Å². The van der Waals surface area contributed by atoms with E-state index in [0.717, 1.165) is 24.2 Å². The molecule has 0 unspecified atom stereocenters. The maximum atomic E-state index is 12.3. The van der Waals surface area contributed by atoms with Gasteiger partial charge in [-0.15, -0.1) is 0 Å². The maximum absolute atomic E-state index is 12.3. The van der Waals surface area contributed by atoms with Gasteiger partial charge < -0.3 is 14.7 Å². The summed E-state index contributed by atoms with van der Waals surface area (Å²) in [5.41, 5.74) is 3.74. The predicted molar refractivity (Wildman–Crippen MR) is 159 cm³/mol. The summed E-state index contributed by atoms with van der Waals surface area (Å²) >= 11 is 0. The summed E-state index contributed by atoms with van der Waals surface area (Å²) in [6.07, 6.45) is 12.7. The zero-order valence-corrected chi connectivity index (χ0v) is 23.3. The number of hydrogen-bond donors (Lipinski definition) is 1. The molecule has 206 valence electrons. The van der Waals surface area contributed by atoms with Crippen LogP contribution in [-0.4, -0.2) is 17.6 Å². The van der Waals surface area contributed by atoms with Crippen LogP contribution in [0.15, 0.2) is 87.8 Å². The van der Waals surface area contributed by atoms with Gasteiger partial charge in [-0.2, -0.15) is 0 Å². The first-order chi connectivity index (χ1) is 19.2. The number of esters is 1. The standard InChI is InChI=1S/C34H35NO5/c1-4-5-6-7-8-11-20-35-26-13-10-9-12-25(26)34(2,3)28(35)19-18-27-24(21-29(36)40-27)22-14-16-23(17-15-22)30-31(37)33(39)32(30)38/h9-10,12-19,21,37H,4-8,11,20H2,1-3H3/b27-18-,28-19-. The average Bonchev–Trinajstić information content (AvgIpc) is 3.43. The summed E-state index contributed by atoms with van der Waals surface area (Å²) in [6.45, 7) is 7.61. The molecule has 2 aliphatic heterocycles. The second-order valence-electron chi connectivity index (χ2n) is 11.1. The van der Waals surface area contributed by atoms with E-state index in [1.165, 1.54) is 49.4 Å². The SMILES string of the molecule is CCCCCCCCN1/C(=C\C=C2/OC(=O)C=C2c2ccc(-c3c(O)c(=O)c3=O)cc2)C(C)(C)c2ccccc21. The van der Waals surface area contributed by atoms with Crippen LogP contribution in [0.1, 0.15) is 70.4 Å². The Morgan fingerprint density at radius 2 is 1.52 bits per heavy atom. The molecule has 0 radical (unpaired) electrons. The van der Waals surface area contributed by atoms with Gasteiger partial charge in [0.05, 0.1) is 5.56 Å². The molecule has 5 rings (SSSR count). The van der Waals surface area contributed by atoms with Gasteiger partial charge in [-0.1, -0.05) is 95.3 Å². The molecular weight excluding hydrogens is 502 g/mol. The predicted octanol–water partition coefficient (Wildman–Crippen LogP) is 6.52. The molecule has 0 spiro atoms. The summed E-state index contributed by atoms with van der Waals surface area (Å²) in [5, 5.41) is 9.78. The lowest BCUT2D eigenvalue weighted by molar-refractivity contribution is -0.132. The van der Waals surface area contributed by atoms with Gasteiger partial charge in [-0.05, 0) is 41.3 Å². The number of ether oxygens (including phenoxy) is 1. The van der Waals surface area contributed by atoms with Gasteiger partial charge in [-0.25, -0.2) is 4.79 Å². The minimum atomic E-state index is -0.864. The number of cyclic esters (lactones) is 1. The monoisotopic (exact) mass is 537 g/mol. The van der Waals surface area contributed by atoms with Crippen LogP contribution in [0.5, 0.6) is 5.75 Å². The lowest BCUT2D eigenvalue weighted by Gasteiger charge is -2.27. The number of fused-ring (bicyclic) bond motifs is 1. The number of benzene rings is 2. The molecule has 3 aromatic rings. The Morgan fingerprint density at radius 3 is 2.25 bits per heavy atom. The molecular formula is C34H35NO5. The van der Waals surface area contributed by atoms with Crippen molar-refractivity contribution in [2.24, 2.45) is 0 Å². The highest BCUT2D eigenvalue weighted by atomic mass is 16.5. The van der Waals surface area contributed by atoms with Crippen LogP contribution >= 0.6 is 0 Å². The van der Waals surface area contributed by atoms with E-state index in [4.69, 9.17) is 4.74 Å². The third-order valence-electron chi connectivity index (χ3n) is 8.04. The van der Waals surface area contributed by atoms with E-state index in [1.807, 2.05) is 6.08 Å². The summed E-state index contributed by atoms with van der Waals surface area (Å²) in [5.74, 6) is -0.496. The van der Waals surface area contributed by atoms with Crippen LogP contribution in [0.25, 0.3) is 16.7 Å². The Kier molecular flexibility index (Phi) is 7.61. The second-order valence-corrected chi connectivity index (χ2v) is 11.1. The molecule has 0 atom stereocenters. The van der Waals surface area contributed by atoms with Gasteiger partial charge in [0, 0.05) is 35.0 Å². The zero-order chi connectivity index (χ0) is 28.4. The second kappa shape index (κ2) is 11.1. The van der Waals surface area contributed by atoms with Crippen molar-refractivity contribution in [3.8, 4) is 16.9 Å². The number of aromatic hydroxyl groups is 1. The fourth-order valence-corrected chi connectivity index (χ4v) is 5.78. The van der Waals surface area contributed by atoms with E-state index in [9.17, 15) is 19.5 Å². The third kappa shape index (κ3) is 4.94. The van der Waals surface area contributed by atoms with Crippen LogP contribution < -0.4 is 15.8 Å². The quantitative estimate of drug-likeness (QED) is 0.180. The molecule has 6 nitrogen and oxygen atoms in total. The van der Waals surface area contributed by atoms with Crippen molar-refractivity contribution in [2.45, 2.75) is 64.7 Å². The number of carbonyl (C=O) groups excluding carboxylic acids is 1. The molecule has 2 aliphatic rings. The first-order valence-corrected chi connectivity index (χ1v) is 14.1. The van der Waals surface area contributed by atoms with Crippen molar-refractivity contribution in [3.05, 3.63) is 110 Å². The Morgan fingerprint density at radius 1 is 0.850 bits per heavy atom. The maximum Gasteiger partial charge on any atom is 0.336 e. The molecule has 1 N–H and O–H groups in total. The first-order valence-electron chi connectivity index (χ1n) is 14.1. The van der Waals surface area contributed by atoms with Crippen molar-refractivity contribution in [3.63, 3.8) is 0 Å². The topological polar surface area (TPSA) is 83.9 Å². The Labute approximate surface area is 234 Å². The summed E-state index contributed by atoms with van der Waals surface area (Å²) in [6, 6.07) is 15.3. The third-order valence-corrected chi connectivity index (χ3v) is 8.04. The molecule has 0 saturated heterocycles. The summed E-state index contributed by atoms with van der Waals surface area (Å²) < 4.78 is 5.58. The van der Waals surface area contributed by atoms with E-state index in [1.54, 1.807) is 24.3 Å². The largest absolute Gasteiger partial charge is 0.503 e. The fraction of sp³-hybridized carbons (Fsp3) is 0.324. The van der Waals surface area contributed by atoms with E-state index in [-0.39, 0.29) is 11.0 Å². The molecule has 0 aromatic heterocycles. The number of carbonyl (C=O) groups is 1. The van der Waals surface area contributed by atoms with Crippen molar-refractivity contribution in [2.75, 3.05) is 11.4 Å². The number of nitrogens with zero attached hydrogens (tertiary/aromatic N) is 1. The highest BCUT2D eigenvalue weighted by molar-refractivity contribution is 6.02.